The van der Waals surface area contributed by atoms with Gasteiger partial charge in [-0.2, -0.15) is 0 Å². The lowest BCUT2D eigenvalue weighted by atomic mass is 10.1. The zero-order valence-electron chi connectivity index (χ0n) is 17.5. The molecule has 3 N–H and O–H groups in total. The summed E-state index contributed by atoms with van der Waals surface area (Å²) in [7, 11) is -3.46. The summed E-state index contributed by atoms with van der Waals surface area (Å²) < 4.78 is 32.4. The largest absolute Gasteiger partial charge is 0.497 e. The summed E-state index contributed by atoms with van der Waals surface area (Å²) in [5.41, 5.74) is 2.82. The molecular weight excluding hydrogens is 404 g/mol. The van der Waals surface area contributed by atoms with Crippen molar-refractivity contribution in [3.8, 4) is 0 Å². The van der Waals surface area contributed by atoms with Crippen LogP contribution in [0.1, 0.15) is 43.5 Å². The van der Waals surface area contributed by atoms with E-state index in [0.29, 0.717) is 55.3 Å². The molecule has 0 saturated carbocycles. The Morgan fingerprint density at radius 2 is 2.07 bits per heavy atom. The molecule has 0 spiro atoms. The first kappa shape index (κ1) is 22.0. The fourth-order valence-corrected chi connectivity index (χ4v) is 5.09. The molecule has 2 aliphatic rings. The average Bonchev–Trinajstić information content (AvgIpc) is 2.73. The molecule has 1 aromatic carbocycles. The van der Waals surface area contributed by atoms with E-state index in [-0.39, 0.29) is 11.7 Å². The number of benzene rings is 1. The second kappa shape index (κ2) is 9.88. The molecule has 0 aromatic heterocycles. The SMILES string of the molecule is CCCNC(=O)c1cc(NCC)cc(N2CCCCS2(=O)=O)c1NC1=CCOC=C1. The number of allylic oxidation sites excluding steroid dienone is 1. The summed E-state index contributed by atoms with van der Waals surface area (Å²) in [6.45, 7) is 5.93. The molecule has 1 fully saturated rings. The van der Waals surface area contributed by atoms with Gasteiger partial charge in [0.15, 0.2) is 0 Å². The zero-order valence-corrected chi connectivity index (χ0v) is 18.3. The molecule has 9 heteroatoms. The Bertz CT molecular complexity index is 941. The minimum absolute atomic E-state index is 0.103. The van der Waals surface area contributed by atoms with Gasteiger partial charge in [0.05, 0.1) is 29.0 Å². The van der Waals surface area contributed by atoms with Crippen LogP contribution in [0.5, 0.6) is 0 Å². The highest BCUT2D eigenvalue weighted by Crippen LogP contribution is 2.38. The van der Waals surface area contributed by atoms with Gasteiger partial charge in [0.1, 0.15) is 6.61 Å². The van der Waals surface area contributed by atoms with Gasteiger partial charge in [0.2, 0.25) is 10.0 Å². The monoisotopic (exact) mass is 434 g/mol. The molecular formula is C21H30N4O4S. The van der Waals surface area contributed by atoms with Crippen LogP contribution in [-0.2, 0) is 14.8 Å². The van der Waals surface area contributed by atoms with E-state index >= 15 is 0 Å². The molecule has 3 rings (SSSR count). The number of rotatable bonds is 8. The van der Waals surface area contributed by atoms with Crippen LogP contribution in [-0.4, -0.2) is 46.3 Å². The first-order valence-corrected chi connectivity index (χ1v) is 12.0. The first-order chi connectivity index (χ1) is 14.5. The number of ether oxygens (including phenoxy) is 1. The first-order valence-electron chi connectivity index (χ1n) is 10.4. The van der Waals surface area contributed by atoms with E-state index in [2.05, 4.69) is 16.0 Å². The topological polar surface area (TPSA) is 99.8 Å². The van der Waals surface area contributed by atoms with Gasteiger partial charge in [-0.25, -0.2) is 8.42 Å². The number of hydrogen-bond donors (Lipinski definition) is 3. The third kappa shape index (κ3) is 5.08. The predicted octanol–water partition coefficient (Wildman–Crippen LogP) is 3.03. The van der Waals surface area contributed by atoms with Crippen LogP contribution in [0.15, 0.2) is 36.2 Å². The van der Waals surface area contributed by atoms with Gasteiger partial charge in [0.25, 0.3) is 5.91 Å². The summed E-state index contributed by atoms with van der Waals surface area (Å²) in [6, 6.07) is 3.56. The van der Waals surface area contributed by atoms with Crippen LogP contribution in [0.25, 0.3) is 0 Å². The maximum absolute atomic E-state index is 13.0. The Morgan fingerprint density at radius 3 is 2.73 bits per heavy atom. The molecule has 0 aliphatic carbocycles. The molecule has 8 nitrogen and oxygen atoms in total. The van der Waals surface area contributed by atoms with Crippen molar-refractivity contribution >= 4 is 33.0 Å². The molecule has 1 saturated heterocycles. The van der Waals surface area contributed by atoms with Gasteiger partial charge in [-0.15, -0.1) is 0 Å². The fourth-order valence-electron chi connectivity index (χ4n) is 3.45. The number of carbonyl (C=O) groups is 1. The molecule has 1 amide bonds. The number of nitrogens with zero attached hydrogens (tertiary/aromatic N) is 1. The Morgan fingerprint density at radius 1 is 1.23 bits per heavy atom. The van der Waals surface area contributed by atoms with Crippen LogP contribution >= 0.6 is 0 Å². The van der Waals surface area contributed by atoms with Gasteiger partial charge < -0.3 is 20.7 Å². The van der Waals surface area contributed by atoms with E-state index in [9.17, 15) is 13.2 Å². The van der Waals surface area contributed by atoms with Crippen molar-refractivity contribution < 1.29 is 17.9 Å². The lowest BCUT2D eigenvalue weighted by Gasteiger charge is -2.31. The van der Waals surface area contributed by atoms with Crippen molar-refractivity contribution in [2.45, 2.75) is 33.1 Å². The molecule has 30 heavy (non-hydrogen) atoms. The molecule has 0 bridgehead atoms. The number of sulfonamides is 1. The third-order valence-electron chi connectivity index (χ3n) is 4.91. The van der Waals surface area contributed by atoms with Crippen LogP contribution in [0.3, 0.4) is 0 Å². The minimum atomic E-state index is -3.46. The van der Waals surface area contributed by atoms with Gasteiger partial charge in [-0.3, -0.25) is 9.10 Å². The molecule has 1 aromatic rings. The number of anilines is 3. The Kier molecular flexibility index (Phi) is 7.25. The quantitative estimate of drug-likeness (QED) is 0.582. The Balaban J connectivity index is 2.15. The van der Waals surface area contributed by atoms with Crippen molar-refractivity contribution in [3.05, 3.63) is 41.8 Å². The number of nitrogens with one attached hydrogen (secondary N) is 3. The van der Waals surface area contributed by atoms with E-state index in [1.165, 1.54) is 4.31 Å². The Labute approximate surface area is 178 Å². The normalized spacial score (nSPS) is 17.7. The second-order valence-corrected chi connectivity index (χ2v) is 9.23. The number of amides is 1. The van der Waals surface area contributed by atoms with Crippen LogP contribution in [0, 0.1) is 0 Å². The second-order valence-electron chi connectivity index (χ2n) is 7.22. The summed E-state index contributed by atoms with van der Waals surface area (Å²) in [4.78, 5) is 13.0. The maximum Gasteiger partial charge on any atom is 0.253 e. The molecule has 2 aliphatic heterocycles. The van der Waals surface area contributed by atoms with Crippen molar-refractivity contribution in [3.63, 3.8) is 0 Å². The average molecular weight is 435 g/mol. The summed E-state index contributed by atoms with van der Waals surface area (Å²) in [5, 5.41) is 9.41. The summed E-state index contributed by atoms with van der Waals surface area (Å²) >= 11 is 0. The molecule has 0 radical (unpaired) electrons. The van der Waals surface area contributed by atoms with E-state index in [1.807, 2.05) is 19.9 Å². The van der Waals surface area contributed by atoms with E-state index in [1.54, 1.807) is 24.5 Å². The maximum atomic E-state index is 13.0. The van der Waals surface area contributed by atoms with Crippen molar-refractivity contribution in [2.75, 3.05) is 46.9 Å². The Hall–Kier alpha value is -2.68. The van der Waals surface area contributed by atoms with Crippen molar-refractivity contribution in [1.82, 2.24) is 5.32 Å². The molecule has 2 heterocycles. The van der Waals surface area contributed by atoms with Crippen LogP contribution in [0.4, 0.5) is 17.1 Å². The smallest absolute Gasteiger partial charge is 0.253 e. The standard InChI is InChI=1S/C21H30N4O4S/c1-3-9-23-21(26)18-14-17(22-4-2)15-19(25-10-5-6-13-30(25,27)28)20(18)24-16-7-11-29-12-8-16/h7-8,11,14-15,22,24H,3-6,9-10,12-13H2,1-2H3,(H,23,26). The number of hydrogen-bond acceptors (Lipinski definition) is 6. The minimum Gasteiger partial charge on any atom is -0.497 e. The van der Waals surface area contributed by atoms with E-state index < -0.39 is 10.0 Å². The van der Waals surface area contributed by atoms with Gasteiger partial charge >= 0.3 is 0 Å². The third-order valence-corrected chi connectivity index (χ3v) is 6.76. The van der Waals surface area contributed by atoms with Crippen molar-refractivity contribution in [2.24, 2.45) is 0 Å². The molecule has 0 unspecified atom stereocenters. The van der Waals surface area contributed by atoms with Gasteiger partial charge in [-0.1, -0.05) is 6.92 Å². The highest BCUT2D eigenvalue weighted by Gasteiger charge is 2.30. The van der Waals surface area contributed by atoms with Crippen LogP contribution < -0.4 is 20.3 Å². The van der Waals surface area contributed by atoms with Gasteiger partial charge in [0, 0.05) is 31.0 Å². The van der Waals surface area contributed by atoms with Gasteiger partial charge in [-0.05, 0) is 50.5 Å². The number of carbonyl (C=O) groups excluding carboxylic acids is 1. The summed E-state index contributed by atoms with van der Waals surface area (Å²) in [6.07, 6.45) is 7.40. The zero-order chi connectivity index (χ0) is 21.6. The highest BCUT2D eigenvalue weighted by molar-refractivity contribution is 7.92. The van der Waals surface area contributed by atoms with E-state index in [0.717, 1.165) is 18.5 Å². The lowest BCUT2D eigenvalue weighted by Crippen LogP contribution is -2.38. The van der Waals surface area contributed by atoms with E-state index in [4.69, 9.17) is 4.74 Å². The fraction of sp³-hybridized carbons (Fsp3) is 0.476. The molecule has 0 atom stereocenters. The highest BCUT2D eigenvalue weighted by atomic mass is 32.2. The van der Waals surface area contributed by atoms with Crippen LogP contribution in [0.2, 0.25) is 0 Å². The molecule has 164 valence electrons. The lowest BCUT2D eigenvalue weighted by molar-refractivity contribution is 0.0954. The predicted molar refractivity (Wildman–Crippen MR) is 120 cm³/mol. The van der Waals surface area contributed by atoms with Crippen molar-refractivity contribution in [1.29, 1.82) is 0 Å². The summed E-state index contributed by atoms with van der Waals surface area (Å²) in [5.74, 6) is -0.141.